The predicted octanol–water partition coefficient (Wildman–Crippen LogP) is 5.33. The fourth-order valence-corrected chi connectivity index (χ4v) is 3.37. The molecule has 3 nitrogen and oxygen atoms in total. The van der Waals surface area contributed by atoms with Gasteiger partial charge in [-0.25, -0.2) is 0 Å². The van der Waals surface area contributed by atoms with Gasteiger partial charge < -0.3 is 9.72 Å². The predicted molar refractivity (Wildman–Crippen MR) is 101 cm³/mol. The van der Waals surface area contributed by atoms with Gasteiger partial charge in [-0.1, -0.05) is 30.3 Å². The van der Waals surface area contributed by atoms with E-state index in [-0.39, 0.29) is 0 Å². The van der Waals surface area contributed by atoms with Crippen LogP contribution in [0.4, 0.5) is 0 Å². The van der Waals surface area contributed by atoms with Crippen LogP contribution < -0.4 is 4.74 Å². The zero-order chi connectivity index (χ0) is 17.4. The van der Waals surface area contributed by atoms with Gasteiger partial charge in [0.25, 0.3) is 0 Å². The molecular weight excluding hydrogens is 310 g/mol. The molecule has 3 heteroatoms. The number of hydrogen-bond donors (Lipinski definition) is 1. The number of rotatable bonds is 4. The third-order valence-electron chi connectivity index (χ3n) is 4.72. The average Bonchev–Trinajstić information content (AvgIpc) is 3.03. The van der Waals surface area contributed by atoms with E-state index in [0.29, 0.717) is 6.61 Å². The molecule has 0 aliphatic rings. The Labute approximate surface area is 146 Å². The summed E-state index contributed by atoms with van der Waals surface area (Å²) in [5.74, 6) is 0.825. The van der Waals surface area contributed by atoms with E-state index in [4.69, 9.17) is 4.74 Å². The molecule has 3 aromatic carbocycles. The number of carbonyl (C=O) groups excluding carboxylic acids is 1. The quantitative estimate of drug-likeness (QED) is 0.514. The summed E-state index contributed by atoms with van der Waals surface area (Å²) in [5.41, 5.74) is 6.08. The van der Waals surface area contributed by atoms with Gasteiger partial charge in [-0.2, -0.15) is 0 Å². The lowest BCUT2D eigenvalue weighted by Crippen LogP contribution is -1.94. The van der Waals surface area contributed by atoms with Crippen LogP contribution in [0.5, 0.6) is 5.75 Å². The number of hydrogen-bond acceptors (Lipinski definition) is 2. The van der Waals surface area contributed by atoms with Crippen LogP contribution in [0.2, 0.25) is 0 Å². The van der Waals surface area contributed by atoms with Crippen LogP contribution in [-0.2, 0) is 6.61 Å². The van der Waals surface area contributed by atoms with Gasteiger partial charge in [0.15, 0.2) is 0 Å². The fourth-order valence-electron chi connectivity index (χ4n) is 3.37. The SMILES string of the molecule is Cc1cc(C=O)c(C)c2c1[nH]c1ccc(OCc3ccccc3)cc12. The van der Waals surface area contributed by atoms with Gasteiger partial charge in [0.2, 0.25) is 0 Å². The Morgan fingerprint density at radius 3 is 2.60 bits per heavy atom. The number of fused-ring (bicyclic) bond motifs is 3. The number of aryl methyl sites for hydroxylation is 2. The van der Waals surface area contributed by atoms with Gasteiger partial charge in [-0.15, -0.1) is 0 Å². The third kappa shape index (κ3) is 2.68. The van der Waals surface area contributed by atoms with Crippen LogP contribution >= 0.6 is 0 Å². The van der Waals surface area contributed by atoms with Crippen molar-refractivity contribution in [2.75, 3.05) is 0 Å². The Morgan fingerprint density at radius 2 is 1.84 bits per heavy atom. The van der Waals surface area contributed by atoms with Crippen LogP contribution in [0.15, 0.2) is 54.6 Å². The van der Waals surface area contributed by atoms with Crippen molar-refractivity contribution in [3.05, 3.63) is 76.9 Å². The highest BCUT2D eigenvalue weighted by Crippen LogP contribution is 2.34. The first-order valence-electron chi connectivity index (χ1n) is 8.35. The van der Waals surface area contributed by atoms with Crippen molar-refractivity contribution in [1.82, 2.24) is 4.98 Å². The highest BCUT2D eigenvalue weighted by Gasteiger charge is 2.13. The fraction of sp³-hybridized carbons (Fsp3) is 0.136. The topological polar surface area (TPSA) is 42.1 Å². The molecule has 0 fully saturated rings. The standard InChI is InChI=1S/C22H19NO2/c1-14-10-17(12-24)15(2)21-19-11-18(8-9-20(19)23-22(14)21)25-13-16-6-4-3-5-7-16/h3-12,23H,13H2,1-2H3. The van der Waals surface area contributed by atoms with Gasteiger partial charge in [-0.3, -0.25) is 4.79 Å². The zero-order valence-corrected chi connectivity index (χ0v) is 14.3. The normalized spacial score (nSPS) is 11.1. The molecule has 1 aromatic heterocycles. The smallest absolute Gasteiger partial charge is 0.150 e. The summed E-state index contributed by atoms with van der Waals surface area (Å²) in [6.07, 6.45) is 0.927. The summed E-state index contributed by atoms with van der Waals surface area (Å²) in [7, 11) is 0. The highest BCUT2D eigenvalue weighted by molar-refractivity contribution is 6.12. The van der Waals surface area contributed by atoms with Gasteiger partial charge in [0.05, 0.1) is 0 Å². The summed E-state index contributed by atoms with van der Waals surface area (Å²) in [5, 5.41) is 2.19. The zero-order valence-electron chi connectivity index (χ0n) is 14.3. The van der Waals surface area contributed by atoms with Crippen molar-refractivity contribution < 1.29 is 9.53 Å². The summed E-state index contributed by atoms with van der Waals surface area (Å²) < 4.78 is 5.96. The van der Waals surface area contributed by atoms with E-state index in [1.54, 1.807) is 0 Å². The molecule has 0 spiro atoms. The number of aromatic nitrogens is 1. The van der Waals surface area contributed by atoms with Crippen molar-refractivity contribution >= 4 is 28.1 Å². The van der Waals surface area contributed by atoms with E-state index in [1.165, 1.54) is 0 Å². The molecule has 0 radical (unpaired) electrons. The van der Waals surface area contributed by atoms with E-state index in [9.17, 15) is 4.79 Å². The molecule has 0 aliphatic carbocycles. The van der Waals surface area contributed by atoms with E-state index in [1.807, 2.05) is 62.4 Å². The number of carbonyl (C=O) groups is 1. The maximum atomic E-state index is 11.4. The summed E-state index contributed by atoms with van der Waals surface area (Å²) >= 11 is 0. The molecule has 4 rings (SSSR count). The number of H-pyrrole nitrogens is 1. The van der Waals surface area contributed by atoms with Crippen molar-refractivity contribution in [2.45, 2.75) is 20.5 Å². The maximum absolute atomic E-state index is 11.4. The first-order valence-corrected chi connectivity index (χ1v) is 8.35. The molecule has 1 N–H and O–H groups in total. The number of aldehydes is 1. The lowest BCUT2D eigenvalue weighted by atomic mass is 9.99. The second kappa shape index (κ2) is 6.10. The molecule has 0 aliphatic heterocycles. The summed E-state index contributed by atoms with van der Waals surface area (Å²) in [4.78, 5) is 14.8. The first kappa shape index (κ1) is 15.5. The monoisotopic (exact) mass is 329 g/mol. The summed E-state index contributed by atoms with van der Waals surface area (Å²) in [6.45, 7) is 4.56. The van der Waals surface area contributed by atoms with E-state index in [2.05, 4.69) is 11.1 Å². The van der Waals surface area contributed by atoms with Crippen molar-refractivity contribution in [1.29, 1.82) is 0 Å². The van der Waals surface area contributed by atoms with Crippen molar-refractivity contribution in [2.24, 2.45) is 0 Å². The molecule has 1 heterocycles. The second-order valence-electron chi connectivity index (χ2n) is 6.38. The lowest BCUT2D eigenvalue weighted by Gasteiger charge is -2.07. The van der Waals surface area contributed by atoms with Gasteiger partial charge in [0, 0.05) is 27.4 Å². The number of aromatic amines is 1. The highest BCUT2D eigenvalue weighted by atomic mass is 16.5. The lowest BCUT2D eigenvalue weighted by molar-refractivity contribution is 0.112. The van der Waals surface area contributed by atoms with Crippen molar-refractivity contribution in [3.63, 3.8) is 0 Å². The molecule has 25 heavy (non-hydrogen) atoms. The molecular formula is C22H19NO2. The van der Waals surface area contributed by atoms with Gasteiger partial charge >= 0.3 is 0 Å². The van der Waals surface area contributed by atoms with E-state index < -0.39 is 0 Å². The number of nitrogens with one attached hydrogen (secondary N) is 1. The van der Waals surface area contributed by atoms with Gasteiger partial charge in [-0.05, 0) is 54.8 Å². The Hall–Kier alpha value is -3.07. The van der Waals surface area contributed by atoms with Crippen LogP contribution in [0.1, 0.15) is 27.0 Å². The number of benzene rings is 3. The van der Waals surface area contributed by atoms with E-state index in [0.717, 1.165) is 56.1 Å². The molecule has 0 unspecified atom stereocenters. The minimum Gasteiger partial charge on any atom is -0.489 e. The van der Waals surface area contributed by atoms with Gasteiger partial charge in [0.1, 0.15) is 18.6 Å². The van der Waals surface area contributed by atoms with E-state index >= 15 is 0 Å². The van der Waals surface area contributed by atoms with Crippen LogP contribution in [0.25, 0.3) is 21.8 Å². The molecule has 124 valence electrons. The Morgan fingerprint density at radius 1 is 1.04 bits per heavy atom. The van der Waals surface area contributed by atoms with Crippen LogP contribution in [-0.4, -0.2) is 11.3 Å². The molecule has 0 saturated carbocycles. The Balaban J connectivity index is 1.80. The Kier molecular flexibility index (Phi) is 3.77. The molecule has 4 aromatic rings. The minimum atomic E-state index is 0.534. The second-order valence-corrected chi connectivity index (χ2v) is 6.38. The largest absolute Gasteiger partial charge is 0.489 e. The molecule has 0 atom stereocenters. The maximum Gasteiger partial charge on any atom is 0.150 e. The molecule has 0 amide bonds. The third-order valence-corrected chi connectivity index (χ3v) is 4.72. The molecule has 0 saturated heterocycles. The van der Waals surface area contributed by atoms with Crippen LogP contribution in [0.3, 0.4) is 0 Å². The summed E-state index contributed by atoms with van der Waals surface area (Å²) in [6, 6.07) is 18.1. The van der Waals surface area contributed by atoms with Crippen molar-refractivity contribution in [3.8, 4) is 5.75 Å². The average molecular weight is 329 g/mol. The Bertz CT molecular complexity index is 1080. The van der Waals surface area contributed by atoms with Crippen LogP contribution in [0, 0.1) is 13.8 Å². The first-order chi connectivity index (χ1) is 12.2. The minimum absolute atomic E-state index is 0.534. The number of ether oxygens (including phenoxy) is 1. The molecule has 0 bridgehead atoms.